The van der Waals surface area contributed by atoms with E-state index in [1.165, 1.54) is 13.8 Å². The first-order chi connectivity index (χ1) is 8.75. The molecule has 0 aromatic rings. The number of ether oxygens (including phenoxy) is 1. The highest BCUT2D eigenvalue weighted by atomic mass is 19.3. The number of esters is 1. The molecule has 2 unspecified atom stereocenters. The molecule has 0 rings (SSSR count). The van der Waals surface area contributed by atoms with Crippen molar-refractivity contribution >= 4 is 11.8 Å². The van der Waals surface area contributed by atoms with E-state index in [0.717, 1.165) is 12.2 Å². The number of halogens is 2. The maximum Gasteiger partial charge on any atom is 0.330 e. The molecule has 0 radical (unpaired) electrons. The zero-order valence-corrected chi connectivity index (χ0v) is 11.3. The highest BCUT2D eigenvalue weighted by molar-refractivity contribution is 5.88. The van der Waals surface area contributed by atoms with E-state index < -0.39 is 23.7 Å². The SMILES string of the molecule is C=CC(=O)CCC(C)C(F)(F)C(C)COC(=O)C=C. The van der Waals surface area contributed by atoms with E-state index in [1.807, 2.05) is 0 Å². The van der Waals surface area contributed by atoms with Gasteiger partial charge in [-0.1, -0.05) is 27.0 Å². The van der Waals surface area contributed by atoms with Crippen molar-refractivity contribution < 1.29 is 23.1 Å². The van der Waals surface area contributed by atoms with Crippen LogP contribution in [-0.4, -0.2) is 24.3 Å². The predicted molar refractivity (Wildman–Crippen MR) is 68.9 cm³/mol. The van der Waals surface area contributed by atoms with Gasteiger partial charge < -0.3 is 4.74 Å². The van der Waals surface area contributed by atoms with Crippen LogP contribution in [0.1, 0.15) is 26.7 Å². The second-order valence-corrected chi connectivity index (χ2v) is 4.52. The average molecular weight is 274 g/mol. The van der Waals surface area contributed by atoms with E-state index in [9.17, 15) is 18.4 Å². The van der Waals surface area contributed by atoms with Crippen molar-refractivity contribution in [2.75, 3.05) is 6.61 Å². The largest absolute Gasteiger partial charge is 0.462 e. The monoisotopic (exact) mass is 274 g/mol. The molecule has 0 heterocycles. The Kier molecular flexibility index (Phi) is 7.19. The van der Waals surface area contributed by atoms with Crippen LogP contribution in [0.5, 0.6) is 0 Å². The molecule has 0 aliphatic heterocycles. The van der Waals surface area contributed by atoms with E-state index in [0.29, 0.717) is 0 Å². The molecule has 108 valence electrons. The summed E-state index contributed by atoms with van der Waals surface area (Å²) in [5, 5.41) is 0. The number of carbonyl (C=O) groups is 2. The summed E-state index contributed by atoms with van der Waals surface area (Å²) in [4.78, 5) is 21.8. The van der Waals surface area contributed by atoms with Crippen LogP contribution in [0.4, 0.5) is 8.78 Å². The fraction of sp³-hybridized carbons (Fsp3) is 0.571. The average Bonchev–Trinajstić information content (AvgIpc) is 2.40. The zero-order chi connectivity index (χ0) is 15.1. The highest BCUT2D eigenvalue weighted by Crippen LogP contribution is 2.35. The van der Waals surface area contributed by atoms with Gasteiger partial charge in [-0.3, -0.25) is 4.79 Å². The van der Waals surface area contributed by atoms with Gasteiger partial charge in [0.15, 0.2) is 5.78 Å². The van der Waals surface area contributed by atoms with E-state index in [-0.39, 0.29) is 25.2 Å². The summed E-state index contributed by atoms with van der Waals surface area (Å²) in [5.41, 5.74) is 0. The first kappa shape index (κ1) is 17.5. The number of ketones is 1. The van der Waals surface area contributed by atoms with Gasteiger partial charge in [-0.15, -0.1) is 0 Å². The maximum atomic E-state index is 14.0. The van der Waals surface area contributed by atoms with Crippen molar-refractivity contribution in [3.8, 4) is 0 Å². The normalized spacial score (nSPS) is 14.3. The van der Waals surface area contributed by atoms with Crippen molar-refractivity contribution in [2.45, 2.75) is 32.6 Å². The van der Waals surface area contributed by atoms with Crippen molar-refractivity contribution in [3.05, 3.63) is 25.3 Å². The molecule has 0 fully saturated rings. The fourth-order valence-corrected chi connectivity index (χ4v) is 1.52. The van der Waals surface area contributed by atoms with Gasteiger partial charge in [-0.2, -0.15) is 0 Å². The molecule has 0 bridgehead atoms. The number of hydrogen-bond acceptors (Lipinski definition) is 3. The third-order valence-corrected chi connectivity index (χ3v) is 3.01. The van der Waals surface area contributed by atoms with E-state index in [2.05, 4.69) is 17.9 Å². The first-order valence-corrected chi connectivity index (χ1v) is 6.07. The standard InChI is InChI=1S/C14H20F2O3/c1-5-12(17)8-7-10(3)14(15,16)11(4)9-19-13(18)6-2/h5-6,10-11H,1-2,7-9H2,3-4H3. The van der Waals surface area contributed by atoms with Crippen LogP contribution in [0.2, 0.25) is 0 Å². The quantitative estimate of drug-likeness (QED) is 0.479. The van der Waals surface area contributed by atoms with Gasteiger partial charge in [-0.05, 0) is 12.5 Å². The molecule has 3 nitrogen and oxygen atoms in total. The zero-order valence-electron chi connectivity index (χ0n) is 11.3. The topological polar surface area (TPSA) is 43.4 Å². The molecule has 0 saturated heterocycles. The van der Waals surface area contributed by atoms with Crippen LogP contribution in [0.15, 0.2) is 25.3 Å². The summed E-state index contributed by atoms with van der Waals surface area (Å²) >= 11 is 0. The van der Waals surface area contributed by atoms with Crippen molar-refractivity contribution in [1.82, 2.24) is 0 Å². The van der Waals surface area contributed by atoms with Gasteiger partial charge in [0.2, 0.25) is 0 Å². The number of hydrogen-bond donors (Lipinski definition) is 0. The summed E-state index contributed by atoms with van der Waals surface area (Å²) in [7, 11) is 0. The number of allylic oxidation sites excluding steroid dienone is 1. The van der Waals surface area contributed by atoms with Gasteiger partial charge in [0.25, 0.3) is 5.92 Å². The minimum atomic E-state index is -3.01. The van der Waals surface area contributed by atoms with Crippen LogP contribution < -0.4 is 0 Å². The van der Waals surface area contributed by atoms with Gasteiger partial charge in [0, 0.05) is 18.4 Å². The predicted octanol–water partition coefficient (Wildman–Crippen LogP) is 3.16. The van der Waals surface area contributed by atoms with E-state index >= 15 is 0 Å². The Balaban J connectivity index is 4.39. The molecule has 0 aromatic heterocycles. The minimum absolute atomic E-state index is 0.0411. The first-order valence-electron chi connectivity index (χ1n) is 6.07. The third kappa shape index (κ3) is 5.77. The lowest BCUT2D eigenvalue weighted by atomic mass is 9.88. The molecule has 0 aromatic carbocycles. The summed E-state index contributed by atoms with van der Waals surface area (Å²) in [6.07, 6.45) is 2.16. The van der Waals surface area contributed by atoms with Crippen LogP contribution >= 0.6 is 0 Å². The van der Waals surface area contributed by atoms with E-state index in [4.69, 9.17) is 0 Å². The number of alkyl halides is 2. The van der Waals surface area contributed by atoms with Crippen molar-refractivity contribution in [1.29, 1.82) is 0 Å². The van der Waals surface area contributed by atoms with Crippen LogP contribution in [0, 0.1) is 11.8 Å². The molecule has 5 heteroatoms. The molecule has 0 N–H and O–H groups in total. The van der Waals surface area contributed by atoms with Gasteiger partial charge >= 0.3 is 5.97 Å². The van der Waals surface area contributed by atoms with Crippen LogP contribution in [0.3, 0.4) is 0 Å². The Morgan fingerprint density at radius 1 is 1.21 bits per heavy atom. The third-order valence-electron chi connectivity index (χ3n) is 3.01. The van der Waals surface area contributed by atoms with Gasteiger partial charge in [0.1, 0.15) is 0 Å². The van der Waals surface area contributed by atoms with Crippen molar-refractivity contribution in [3.63, 3.8) is 0 Å². The molecule has 2 atom stereocenters. The smallest absolute Gasteiger partial charge is 0.330 e. The Morgan fingerprint density at radius 2 is 1.79 bits per heavy atom. The summed E-state index contributed by atoms with van der Waals surface area (Å²) in [6, 6.07) is 0. The molecule has 0 saturated carbocycles. The van der Waals surface area contributed by atoms with Crippen molar-refractivity contribution in [2.24, 2.45) is 11.8 Å². The number of rotatable bonds is 9. The van der Waals surface area contributed by atoms with Crippen LogP contribution in [-0.2, 0) is 14.3 Å². The molecule has 19 heavy (non-hydrogen) atoms. The molecule has 0 spiro atoms. The minimum Gasteiger partial charge on any atom is -0.462 e. The molecular formula is C14H20F2O3. The molecular weight excluding hydrogens is 254 g/mol. The molecule has 0 aliphatic rings. The molecule has 0 aliphatic carbocycles. The second-order valence-electron chi connectivity index (χ2n) is 4.52. The summed E-state index contributed by atoms with van der Waals surface area (Å²) in [5.74, 6) is -6.09. The summed E-state index contributed by atoms with van der Waals surface area (Å²) < 4.78 is 32.5. The van der Waals surface area contributed by atoms with Crippen LogP contribution in [0.25, 0.3) is 0 Å². The summed E-state index contributed by atoms with van der Waals surface area (Å²) in [6.45, 7) is 8.78. The fourth-order valence-electron chi connectivity index (χ4n) is 1.52. The lowest BCUT2D eigenvalue weighted by Crippen LogP contribution is -2.37. The number of carbonyl (C=O) groups excluding carboxylic acids is 2. The Bertz CT molecular complexity index is 319. The highest BCUT2D eigenvalue weighted by Gasteiger charge is 2.42. The Morgan fingerprint density at radius 3 is 2.26 bits per heavy atom. The lowest BCUT2D eigenvalue weighted by molar-refractivity contribution is -0.149. The lowest BCUT2D eigenvalue weighted by Gasteiger charge is -2.28. The Labute approximate surface area is 112 Å². The van der Waals surface area contributed by atoms with E-state index in [1.54, 1.807) is 0 Å². The Hall–Kier alpha value is -1.52. The van der Waals surface area contributed by atoms with Gasteiger partial charge in [0.05, 0.1) is 12.5 Å². The maximum absolute atomic E-state index is 14.0. The second kappa shape index (κ2) is 7.81. The molecule has 0 amide bonds. The van der Waals surface area contributed by atoms with Gasteiger partial charge in [-0.25, -0.2) is 13.6 Å².